The van der Waals surface area contributed by atoms with Crippen molar-refractivity contribution in [1.29, 1.82) is 0 Å². The fraction of sp³-hybridized carbons (Fsp3) is 0.467. The Morgan fingerprint density at radius 1 is 1.52 bits per heavy atom. The zero-order chi connectivity index (χ0) is 16.0. The average molecular weight is 334 g/mol. The van der Waals surface area contributed by atoms with Crippen LogP contribution in [0.4, 0.5) is 15.6 Å². The lowest BCUT2D eigenvalue weighted by molar-refractivity contribution is 0.252. The number of fused-ring (bicyclic) bond motifs is 3. The second-order valence-corrected chi connectivity index (χ2v) is 6.73. The molecule has 2 aromatic rings. The van der Waals surface area contributed by atoms with Gasteiger partial charge in [-0.25, -0.2) is 9.78 Å². The Morgan fingerprint density at radius 2 is 2.39 bits per heavy atom. The second-order valence-electron chi connectivity index (χ2n) is 5.72. The smallest absolute Gasteiger partial charge is 0.324 e. The van der Waals surface area contributed by atoms with E-state index >= 15 is 0 Å². The largest absolute Gasteiger partial charge is 0.489 e. The van der Waals surface area contributed by atoms with Crippen molar-refractivity contribution < 1.29 is 14.6 Å². The summed E-state index contributed by atoms with van der Waals surface area (Å²) >= 11 is 1.50. The number of rotatable bonds is 3. The predicted octanol–water partition coefficient (Wildman–Crippen LogP) is 1.41. The summed E-state index contributed by atoms with van der Waals surface area (Å²) in [5.74, 6) is 0.785. The topological polar surface area (TPSA) is 77.9 Å². The fourth-order valence-corrected chi connectivity index (χ4v) is 4.15. The van der Waals surface area contributed by atoms with Crippen LogP contribution in [0.25, 0.3) is 10.2 Å². The SMILES string of the molecule is CC1CNC(=O)N1c1nc2c3c(ccc2s1)OCCN3CCO. The van der Waals surface area contributed by atoms with Crippen LogP contribution in [0.3, 0.4) is 0 Å². The summed E-state index contributed by atoms with van der Waals surface area (Å²) in [5, 5.41) is 12.8. The van der Waals surface area contributed by atoms with Crippen molar-refractivity contribution in [2.24, 2.45) is 0 Å². The van der Waals surface area contributed by atoms with E-state index in [1.54, 1.807) is 4.90 Å². The van der Waals surface area contributed by atoms with Gasteiger partial charge < -0.3 is 20.1 Å². The van der Waals surface area contributed by atoms with Gasteiger partial charge in [-0.2, -0.15) is 0 Å². The van der Waals surface area contributed by atoms with Gasteiger partial charge in [0.25, 0.3) is 0 Å². The molecular formula is C15H18N4O3S. The quantitative estimate of drug-likeness (QED) is 0.887. The van der Waals surface area contributed by atoms with Crippen molar-refractivity contribution >= 4 is 38.4 Å². The standard InChI is InChI=1S/C15H18N4O3S/c1-9-8-16-14(21)19(9)15-17-12-11(23-15)3-2-10-13(12)18(4-6-20)5-7-22-10/h2-3,9,20H,4-8H2,1H3,(H,16,21). The van der Waals surface area contributed by atoms with E-state index in [0.717, 1.165) is 28.2 Å². The first-order valence-corrected chi connectivity index (χ1v) is 8.50. The molecule has 0 saturated carbocycles. The number of hydrogen-bond acceptors (Lipinski definition) is 6. The molecule has 122 valence electrons. The fourth-order valence-electron chi connectivity index (χ4n) is 3.08. The first kappa shape index (κ1) is 14.5. The summed E-state index contributed by atoms with van der Waals surface area (Å²) < 4.78 is 6.75. The summed E-state index contributed by atoms with van der Waals surface area (Å²) in [4.78, 5) is 20.6. The number of urea groups is 1. The Hall–Kier alpha value is -2.06. The molecular weight excluding hydrogens is 316 g/mol. The Labute approximate surface area is 137 Å². The number of aliphatic hydroxyl groups is 1. The number of benzene rings is 1. The van der Waals surface area contributed by atoms with E-state index in [1.807, 2.05) is 19.1 Å². The Kier molecular flexibility index (Phi) is 3.50. The number of hydrogen-bond donors (Lipinski definition) is 2. The molecule has 0 aliphatic carbocycles. The van der Waals surface area contributed by atoms with E-state index in [-0.39, 0.29) is 18.7 Å². The van der Waals surface area contributed by atoms with E-state index < -0.39 is 0 Å². The van der Waals surface area contributed by atoms with E-state index in [0.29, 0.717) is 24.8 Å². The molecule has 1 aromatic heterocycles. The number of carbonyl (C=O) groups is 1. The van der Waals surface area contributed by atoms with Crippen LogP contribution in [0.1, 0.15) is 6.92 Å². The first-order chi connectivity index (χ1) is 11.2. The van der Waals surface area contributed by atoms with Crippen LogP contribution < -0.4 is 19.9 Å². The van der Waals surface area contributed by atoms with Gasteiger partial charge in [-0.15, -0.1) is 0 Å². The number of aromatic nitrogens is 1. The van der Waals surface area contributed by atoms with Crippen molar-refractivity contribution in [2.75, 3.05) is 42.6 Å². The summed E-state index contributed by atoms with van der Waals surface area (Å²) in [6, 6.07) is 3.91. The maximum Gasteiger partial charge on any atom is 0.324 e. The molecule has 0 bridgehead atoms. The summed E-state index contributed by atoms with van der Waals surface area (Å²) in [7, 11) is 0. The lowest BCUT2D eigenvalue weighted by Gasteiger charge is -2.30. The number of nitrogens with zero attached hydrogens (tertiary/aromatic N) is 3. The van der Waals surface area contributed by atoms with Crippen molar-refractivity contribution in [3.05, 3.63) is 12.1 Å². The Balaban J connectivity index is 1.83. The van der Waals surface area contributed by atoms with Crippen molar-refractivity contribution in [3.63, 3.8) is 0 Å². The third kappa shape index (κ3) is 2.29. The molecule has 2 aliphatic rings. The molecule has 1 unspecified atom stereocenters. The van der Waals surface area contributed by atoms with Crippen molar-refractivity contribution in [3.8, 4) is 5.75 Å². The highest BCUT2D eigenvalue weighted by Crippen LogP contribution is 2.42. The van der Waals surface area contributed by atoms with E-state index in [2.05, 4.69) is 10.2 Å². The Morgan fingerprint density at radius 3 is 3.13 bits per heavy atom. The number of β-amino-alcohol motifs (C(OH)–C–C–N with tert-alkyl or cyclic N) is 1. The number of nitrogens with one attached hydrogen (secondary N) is 1. The molecule has 3 heterocycles. The molecule has 2 aliphatic heterocycles. The lowest BCUT2D eigenvalue weighted by atomic mass is 10.2. The minimum atomic E-state index is -0.103. The molecule has 0 spiro atoms. The minimum Gasteiger partial charge on any atom is -0.489 e. The van der Waals surface area contributed by atoms with Crippen molar-refractivity contribution in [2.45, 2.75) is 13.0 Å². The van der Waals surface area contributed by atoms with Crippen LogP contribution in [0.2, 0.25) is 0 Å². The highest BCUT2D eigenvalue weighted by Gasteiger charge is 2.32. The summed E-state index contributed by atoms with van der Waals surface area (Å²) in [6.45, 7) is 4.58. The molecule has 1 saturated heterocycles. The molecule has 23 heavy (non-hydrogen) atoms. The van der Waals surface area contributed by atoms with E-state index in [9.17, 15) is 9.90 Å². The normalized spacial score (nSPS) is 20.6. The van der Waals surface area contributed by atoms with Gasteiger partial charge in [0.05, 0.1) is 23.9 Å². The average Bonchev–Trinajstić information content (AvgIpc) is 3.10. The molecule has 8 heteroatoms. The number of amides is 2. The molecule has 7 nitrogen and oxygen atoms in total. The third-order valence-electron chi connectivity index (χ3n) is 4.21. The molecule has 2 N–H and O–H groups in total. The number of carbonyl (C=O) groups excluding carboxylic acids is 1. The predicted molar refractivity (Wildman–Crippen MR) is 89.8 cm³/mol. The van der Waals surface area contributed by atoms with Crippen LogP contribution in [-0.4, -0.2) is 55.0 Å². The zero-order valence-electron chi connectivity index (χ0n) is 12.8. The van der Waals surface area contributed by atoms with Gasteiger partial charge in [-0.05, 0) is 19.1 Å². The molecule has 1 fully saturated rings. The van der Waals surface area contributed by atoms with Crippen LogP contribution >= 0.6 is 11.3 Å². The van der Waals surface area contributed by atoms with Crippen LogP contribution in [0.5, 0.6) is 5.75 Å². The third-order valence-corrected chi connectivity index (χ3v) is 5.23. The van der Waals surface area contributed by atoms with Crippen molar-refractivity contribution in [1.82, 2.24) is 10.3 Å². The summed E-state index contributed by atoms with van der Waals surface area (Å²) in [5.41, 5.74) is 1.75. The molecule has 1 aromatic carbocycles. The molecule has 4 rings (SSSR count). The Bertz CT molecular complexity index is 763. The van der Waals surface area contributed by atoms with Gasteiger partial charge in [-0.3, -0.25) is 4.90 Å². The minimum absolute atomic E-state index is 0.0817. The van der Waals surface area contributed by atoms with Gasteiger partial charge >= 0.3 is 6.03 Å². The van der Waals surface area contributed by atoms with Crippen LogP contribution in [-0.2, 0) is 0 Å². The number of thiazole rings is 1. The van der Waals surface area contributed by atoms with Gasteiger partial charge in [0.1, 0.15) is 23.6 Å². The zero-order valence-corrected chi connectivity index (χ0v) is 13.6. The van der Waals surface area contributed by atoms with Gasteiger partial charge in [0, 0.05) is 13.1 Å². The maximum absolute atomic E-state index is 12.0. The lowest BCUT2D eigenvalue weighted by Crippen LogP contribution is -2.35. The maximum atomic E-state index is 12.0. The molecule has 0 radical (unpaired) electrons. The van der Waals surface area contributed by atoms with Gasteiger partial charge in [0.15, 0.2) is 5.13 Å². The number of aliphatic hydroxyl groups excluding tert-OH is 1. The number of ether oxygens (including phenoxy) is 1. The monoisotopic (exact) mass is 334 g/mol. The van der Waals surface area contributed by atoms with Crippen LogP contribution in [0, 0.1) is 0 Å². The molecule has 1 atom stereocenters. The first-order valence-electron chi connectivity index (χ1n) is 7.68. The highest BCUT2D eigenvalue weighted by molar-refractivity contribution is 7.22. The number of anilines is 2. The summed E-state index contributed by atoms with van der Waals surface area (Å²) in [6.07, 6.45) is 0. The van der Waals surface area contributed by atoms with E-state index in [1.165, 1.54) is 11.3 Å². The molecule has 2 amide bonds. The van der Waals surface area contributed by atoms with E-state index in [4.69, 9.17) is 9.72 Å². The van der Waals surface area contributed by atoms with Gasteiger partial charge in [-0.1, -0.05) is 11.3 Å². The van der Waals surface area contributed by atoms with Crippen LogP contribution in [0.15, 0.2) is 12.1 Å². The highest BCUT2D eigenvalue weighted by atomic mass is 32.1. The second kappa shape index (κ2) is 5.54. The van der Waals surface area contributed by atoms with Gasteiger partial charge in [0.2, 0.25) is 0 Å².